The molecule has 0 aliphatic heterocycles. The minimum absolute atomic E-state index is 0.258. The number of rotatable bonds is 6. The highest BCUT2D eigenvalue weighted by molar-refractivity contribution is 7.90. The fourth-order valence-corrected chi connectivity index (χ4v) is 5.14. The van der Waals surface area contributed by atoms with Crippen molar-refractivity contribution in [2.75, 3.05) is 17.3 Å². The summed E-state index contributed by atoms with van der Waals surface area (Å²) >= 11 is 0. The van der Waals surface area contributed by atoms with Crippen molar-refractivity contribution in [1.82, 2.24) is 14.8 Å². The maximum Gasteiger partial charge on any atom is 0.274 e. The van der Waals surface area contributed by atoms with Crippen LogP contribution in [-0.2, 0) is 16.3 Å². The quantitative estimate of drug-likeness (QED) is 0.335. The lowest BCUT2D eigenvalue weighted by Gasteiger charge is -2.11. The first kappa shape index (κ1) is 24.2. The highest BCUT2D eigenvalue weighted by atomic mass is 32.2. The second-order valence-corrected chi connectivity index (χ2v) is 10.7. The van der Waals surface area contributed by atoms with Gasteiger partial charge in [-0.15, -0.1) is 0 Å². The molecule has 0 saturated carbocycles. The van der Waals surface area contributed by atoms with Crippen molar-refractivity contribution in [3.63, 3.8) is 0 Å². The van der Waals surface area contributed by atoms with Crippen LogP contribution in [0.1, 0.15) is 23.1 Å². The molecule has 0 spiro atoms. The van der Waals surface area contributed by atoms with Crippen molar-refractivity contribution in [2.45, 2.75) is 18.2 Å². The summed E-state index contributed by atoms with van der Waals surface area (Å²) in [5, 5.41) is 9.27. The molecular formula is C28H25N5O3S. The maximum atomic E-state index is 13.3. The van der Waals surface area contributed by atoms with Gasteiger partial charge in [-0.1, -0.05) is 43.3 Å². The van der Waals surface area contributed by atoms with Crippen molar-refractivity contribution in [2.24, 2.45) is 0 Å². The summed E-state index contributed by atoms with van der Waals surface area (Å²) in [7, 11) is -3.39. The number of aromatic nitrogens is 3. The summed E-state index contributed by atoms with van der Waals surface area (Å²) in [5.74, 6) is 0.0847. The smallest absolute Gasteiger partial charge is 0.274 e. The van der Waals surface area contributed by atoms with Crippen molar-refractivity contribution in [3.8, 4) is 16.8 Å². The number of nitrogens with zero attached hydrogens (tertiary/aromatic N) is 3. The van der Waals surface area contributed by atoms with Crippen LogP contribution in [0.3, 0.4) is 0 Å². The average molecular weight is 512 g/mol. The first-order valence-corrected chi connectivity index (χ1v) is 13.6. The van der Waals surface area contributed by atoms with Crippen molar-refractivity contribution >= 4 is 38.0 Å². The number of hydrogen-bond donors (Lipinski definition) is 2. The average Bonchev–Trinajstić information content (AvgIpc) is 3.34. The SMILES string of the molecule is CCc1cc(C(=O)Nc2ccc(-c3ccccc3S(C)(=O)=O)cc2)n(-c2ccc3ccnc(N)c3c2)n1. The number of pyridine rings is 1. The number of nitrogen functional groups attached to an aromatic ring is 1. The molecule has 2 heterocycles. The third-order valence-corrected chi connectivity index (χ3v) is 7.28. The monoisotopic (exact) mass is 511 g/mol. The van der Waals surface area contributed by atoms with Crippen molar-refractivity contribution in [3.05, 3.63) is 96.4 Å². The van der Waals surface area contributed by atoms with E-state index in [0.717, 1.165) is 22.0 Å². The lowest BCUT2D eigenvalue weighted by molar-refractivity contribution is 0.101. The Kier molecular flexibility index (Phi) is 6.22. The number of carbonyl (C=O) groups excluding carboxylic acids is 1. The molecule has 37 heavy (non-hydrogen) atoms. The fourth-order valence-electron chi connectivity index (χ4n) is 4.23. The Morgan fingerprint density at radius 2 is 1.76 bits per heavy atom. The Morgan fingerprint density at radius 3 is 2.49 bits per heavy atom. The number of nitrogens with two attached hydrogens (primary N) is 1. The summed E-state index contributed by atoms with van der Waals surface area (Å²) in [6.45, 7) is 1.98. The van der Waals surface area contributed by atoms with Crippen LogP contribution in [0.5, 0.6) is 0 Å². The van der Waals surface area contributed by atoms with Crippen LogP contribution in [0.25, 0.3) is 27.6 Å². The second-order valence-electron chi connectivity index (χ2n) is 8.69. The largest absolute Gasteiger partial charge is 0.383 e. The van der Waals surface area contributed by atoms with Crippen LogP contribution in [0.15, 0.2) is 90.0 Å². The zero-order chi connectivity index (χ0) is 26.2. The molecule has 186 valence electrons. The van der Waals surface area contributed by atoms with Crippen molar-refractivity contribution < 1.29 is 13.2 Å². The zero-order valence-corrected chi connectivity index (χ0v) is 21.2. The Labute approximate surface area is 214 Å². The van der Waals surface area contributed by atoms with Gasteiger partial charge in [0.05, 0.1) is 16.3 Å². The first-order valence-electron chi connectivity index (χ1n) is 11.7. The molecule has 3 aromatic carbocycles. The standard InChI is InChI=1S/C28H25N5O3S/c1-3-20-16-25(33(32-20)22-13-10-19-14-15-30-27(29)24(19)17-22)28(34)31-21-11-8-18(9-12-21)23-6-4-5-7-26(23)37(2,35)36/h4-17H,3H2,1-2H3,(H2,29,30)(H,31,34). The Morgan fingerprint density at radius 1 is 1.00 bits per heavy atom. The van der Waals surface area contributed by atoms with Gasteiger partial charge in [0.15, 0.2) is 9.84 Å². The number of amides is 1. The Bertz CT molecular complexity index is 1740. The molecule has 9 heteroatoms. The van der Waals surface area contributed by atoms with Crippen LogP contribution in [-0.4, -0.2) is 35.3 Å². The van der Waals surface area contributed by atoms with Gasteiger partial charge in [0.2, 0.25) is 0 Å². The number of anilines is 2. The minimum Gasteiger partial charge on any atom is -0.383 e. The van der Waals surface area contributed by atoms with Crippen LogP contribution in [0.4, 0.5) is 11.5 Å². The van der Waals surface area contributed by atoms with Crippen LogP contribution < -0.4 is 11.1 Å². The number of fused-ring (bicyclic) bond motifs is 1. The number of carbonyl (C=O) groups is 1. The first-order chi connectivity index (χ1) is 17.7. The molecule has 0 unspecified atom stereocenters. The van der Waals surface area contributed by atoms with Gasteiger partial charge >= 0.3 is 0 Å². The molecule has 1 amide bonds. The van der Waals surface area contributed by atoms with E-state index in [0.29, 0.717) is 34.9 Å². The summed E-state index contributed by atoms with van der Waals surface area (Å²) in [6.07, 6.45) is 3.51. The number of aryl methyl sites for hydroxylation is 1. The van der Waals surface area contributed by atoms with E-state index in [9.17, 15) is 13.2 Å². The third kappa shape index (κ3) is 4.81. The van der Waals surface area contributed by atoms with E-state index < -0.39 is 9.84 Å². The van der Waals surface area contributed by atoms with Gasteiger partial charge in [-0.25, -0.2) is 18.1 Å². The van der Waals surface area contributed by atoms with Gasteiger partial charge in [-0.05, 0) is 59.8 Å². The molecule has 0 radical (unpaired) electrons. The lowest BCUT2D eigenvalue weighted by atomic mass is 10.1. The third-order valence-electron chi connectivity index (χ3n) is 6.12. The molecule has 0 saturated heterocycles. The molecule has 5 aromatic rings. The molecule has 0 aliphatic carbocycles. The van der Waals surface area contributed by atoms with E-state index >= 15 is 0 Å². The molecular weight excluding hydrogens is 486 g/mol. The second kappa shape index (κ2) is 9.51. The predicted molar refractivity (Wildman–Crippen MR) is 146 cm³/mol. The van der Waals surface area contributed by atoms with Gasteiger partial charge in [-0.2, -0.15) is 5.10 Å². The van der Waals surface area contributed by atoms with E-state index in [1.807, 2.05) is 31.2 Å². The van der Waals surface area contributed by atoms with Crippen LogP contribution >= 0.6 is 0 Å². The molecule has 5 rings (SSSR count). The minimum atomic E-state index is -3.39. The molecule has 2 aromatic heterocycles. The highest BCUT2D eigenvalue weighted by Crippen LogP contribution is 2.29. The summed E-state index contributed by atoms with van der Waals surface area (Å²) in [4.78, 5) is 17.7. The van der Waals surface area contributed by atoms with E-state index in [1.165, 1.54) is 6.26 Å². The zero-order valence-electron chi connectivity index (χ0n) is 20.3. The molecule has 0 bridgehead atoms. The van der Waals surface area contributed by atoms with E-state index in [2.05, 4.69) is 15.4 Å². The highest BCUT2D eigenvalue weighted by Gasteiger charge is 2.18. The van der Waals surface area contributed by atoms with Crippen LogP contribution in [0, 0.1) is 0 Å². The molecule has 3 N–H and O–H groups in total. The summed E-state index contributed by atoms with van der Waals surface area (Å²) in [6, 6.07) is 23.2. The summed E-state index contributed by atoms with van der Waals surface area (Å²) in [5.41, 5.74) is 9.84. The maximum absolute atomic E-state index is 13.3. The Balaban J connectivity index is 1.45. The van der Waals surface area contributed by atoms with E-state index in [1.54, 1.807) is 65.5 Å². The van der Waals surface area contributed by atoms with E-state index in [-0.39, 0.29) is 10.8 Å². The van der Waals surface area contributed by atoms with Crippen molar-refractivity contribution in [1.29, 1.82) is 0 Å². The van der Waals surface area contributed by atoms with Gasteiger partial charge in [0.1, 0.15) is 11.5 Å². The molecule has 0 aliphatic rings. The molecule has 0 atom stereocenters. The topological polar surface area (TPSA) is 120 Å². The Hall–Kier alpha value is -4.50. The number of sulfone groups is 1. The summed E-state index contributed by atoms with van der Waals surface area (Å²) < 4.78 is 26.0. The molecule has 8 nitrogen and oxygen atoms in total. The van der Waals surface area contributed by atoms with E-state index in [4.69, 9.17) is 5.73 Å². The normalized spacial score (nSPS) is 11.5. The number of hydrogen-bond acceptors (Lipinski definition) is 6. The van der Waals surface area contributed by atoms with Gasteiger partial charge in [0.25, 0.3) is 5.91 Å². The van der Waals surface area contributed by atoms with Gasteiger partial charge in [-0.3, -0.25) is 4.79 Å². The fraction of sp³-hybridized carbons (Fsp3) is 0.107. The predicted octanol–water partition coefficient (Wildman–Crippen LogP) is 4.89. The van der Waals surface area contributed by atoms with Gasteiger partial charge < -0.3 is 11.1 Å². The number of nitrogens with one attached hydrogen (secondary N) is 1. The number of benzene rings is 3. The van der Waals surface area contributed by atoms with Gasteiger partial charge in [0, 0.05) is 29.1 Å². The molecule has 0 fully saturated rings. The lowest BCUT2D eigenvalue weighted by Crippen LogP contribution is -2.17. The van der Waals surface area contributed by atoms with Crippen LogP contribution in [0.2, 0.25) is 0 Å².